The molecule has 0 aliphatic rings. The first-order chi connectivity index (χ1) is 10.7. The van der Waals surface area contributed by atoms with Crippen molar-refractivity contribution < 1.29 is 13.2 Å². The first-order valence-electron chi connectivity index (χ1n) is 6.96. The number of hydrogen-bond acceptors (Lipinski definition) is 4. The van der Waals surface area contributed by atoms with E-state index in [1.54, 1.807) is 20.0 Å². The topological polar surface area (TPSA) is 66.5 Å². The van der Waals surface area contributed by atoms with Gasteiger partial charge in [-0.2, -0.15) is 23.5 Å². The monoisotopic (exact) mass is 323 g/mol. The van der Waals surface area contributed by atoms with Gasteiger partial charge in [-0.05, 0) is 26.0 Å². The Hall–Kier alpha value is -2.56. The van der Waals surface area contributed by atoms with Crippen molar-refractivity contribution >= 4 is 5.82 Å². The summed E-state index contributed by atoms with van der Waals surface area (Å²) in [4.78, 5) is 3.86. The Bertz CT molecular complexity index is 712. The van der Waals surface area contributed by atoms with Crippen LogP contribution in [0.4, 0.5) is 19.0 Å². The van der Waals surface area contributed by atoms with Crippen molar-refractivity contribution in [3.63, 3.8) is 0 Å². The number of hydrogen-bond donors (Lipinski definition) is 1. The van der Waals surface area contributed by atoms with E-state index in [4.69, 9.17) is 5.26 Å². The number of nitrogens with one attached hydrogen (secondary N) is 1. The minimum atomic E-state index is -4.41. The minimum Gasteiger partial charge on any atom is -0.365 e. The molecule has 0 saturated heterocycles. The van der Waals surface area contributed by atoms with Gasteiger partial charge >= 0.3 is 6.18 Å². The second-order valence-corrected chi connectivity index (χ2v) is 5.32. The molecular weight excluding hydrogens is 307 g/mol. The molecule has 2 atom stereocenters. The highest BCUT2D eigenvalue weighted by molar-refractivity contribution is 5.60. The Morgan fingerprint density at radius 2 is 2.00 bits per heavy atom. The number of anilines is 1. The van der Waals surface area contributed by atoms with Crippen molar-refractivity contribution in [1.82, 2.24) is 14.8 Å². The maximum atomic E-state index is 12.6. The summed E-state index contributed by atoms with van der Waals surface area (Å²) in [5.41, 5.74) is 0.179. The predicted octanol–water partition coefficient (Wildman–Crippen LogP) is 3.46. The Kier molecular flexibility index (Phi) is 4.59. The largest absolute Gasteiger partial charge is 0.417 e. The van der Waals surface area contributed by atoms with E-state index in [0.717, 1.165) is 12.3 Å². The fourth-order valence-electron chi connectivity index (χ4n) is 1.96. The van der Waals surface area contributed by atoms with Gasteiger partial charge in [-0.25, -0.2) is 0 Å². The van der Waals surface area contributed by atoms with Gasteiger partial charge in [0.15, 0.2) is 0 Å². The number of rotatable bonds is 4. The molecule has 0 aromatic carbocycles. The molecule has 0 aliphatic carbocycles. The third-order valence-corrected chi connectivity index (χ3v) is 3.56. The van der Waals surface area contributed by atoms with Crippen molar-refractivity contribution in [3.8, 4) is 17.5 Å². The summed E-state index contributed by atoms with van der Waals surface area (Å²) in [7, 11) is 1.68. The van der Waals surface area contributed by atoms with Crippen LogP contribution in [0, 0.1) is 17.2 Å². The number of nitriles is 1. The molecule has 0 saturated carbocycles. The summed E-state index contributed by atoms with van der Waals surface area (Å²) in [6.45, 7) is 3.65. The van der Waals surface area contributed by atoms with E-state index in [1.807, 2.05) is 6.92 Å². The van der Waals surface area contributed by atoms with E-state index in [0.29, 0.717) is 17.2 Å². The van der Waals surface area contributed by atoms with Crippen LogP contribution >= 0.6 is 0 Å². The number of pyridine rings is 1. The lowest BCUT2D eigenvalue weighted by Crippen LogP contribution is -2.22. The van der Waals surface area contributed by atoms with Gasteiger partial charge in [-0.1, -0.05) is 0 Å². The van der Waals surface area contributed by atoms with Gasteiger partial charge in [0.25, 0.3) is 0 Å². The predicted molar refractivity (Wildman–Crippen MR) is 79.3 cm³/mol. The van der Waals surface area contributed by atoms with Gasteiger partial charge in [0.2, 0.25) is 0 Å². The van der Waals surface area contributed by atoms with Crippen LogP contribution in [0.25, 0.3) is 11.4 Å². The molecule has 0 fully saturated rings. The van der Waals surface area contributed by atoms with Gasteiger partial charge in [0.05, 0.1) is 28.9 Å². The van der Waals surface area contributed by atoms with Crippen LogP contribution in [0.1, 0.15) is 19.4 Å². The number of alkyl halides is 3. The average Bonchev–Trinajstić information content (AvgIpc) is 2.86. The normalized spacial score (nSPS) is 14.1. The summed E-state index contributed by atoms with van der Waals surface area (Å²) in [5, 5.41) is 16.2. The van der Waals surface area contributed by atoms with E-state index in [2.05, 4.69) is 21.5 Å². The quantitative estimate of drug-likeness (QED) is 0.936. The average molecular weight is 323 g/mol. The molecule has 8 heteroatoms. The van der Waals surface area contributed by atoms with Crippen LogP contribution in [0.15, 0.2) is 24.4 Å². The Morgan fingerprint density at radius 1 is 1.30 bits per heavy atom. The van der Waals surface area contributed by atoms with Crippen molar-refractivity contribution in [2.75, 3.05) is 5.32 Å². The zero-order valence-electron chi connectivity index (χ0n) is 12.9. The molecule has 0 spiro atoms. The standard InChI is InChI=1S/C15H16F3N5/c1-9(7-19)10(2)21-14-6-13(23(3)22-14)12-5-4-11(8-20-12)15(16,17)18/h4-6,8-10H,1-3H3,(H,21,22)/t9?,10-/m0/s1. The number of aryl methyl sites for hydroxylation is 1. The third kappa shape index (κ3) is 3.80. The van der Waals surface area contributed by atoms with E-state index in [-0.39, 0.29) is 12.0 Å². The summed E-state index contributed by atoms with van der Waals surface area (Å²) >= 11 is 0. The lowest BCUT2D eigenvalue weighted by Gasteiger charge is -2.14. The minimum absolute atomic E-state index is 0.108. The maximum Gasteiger partial charge on any atom is 0.417 e. The lowest BCUT2D eigenvalue weighted by atomic mass is 10.1. The van der Waals surface area contributed by atoms with Crippen LogP contribution in [0.3, 0.4) is 0 Å². The SMILES string of the molecule is CC(C#N)[C@H](C)Nc1cc(-c2ccc(C(F)(F)F)cn2)n(C)n1. The van der Waals surface area contributed by atoms with Gasteiger partial charge in [0, 0.05) is 25.4 Å². The molecule has 122 valence electrons. The maximum absolute atomic E-state index is 12.6. The molecule has 5 nitrogen and oxygen atoms in total. The van der Waals surface area contributed by atoms with E-state index in [1.165, 1.54) is 10.7 Å². The zero-order valence-corrected chi connectivity index (χ0v) is 12.9. The molecule has 2 heterocycles. The molecule has 23 heavy (non-hydrogen) atoms. The summed E-state index contributed by atoms with van der Waals surface area (Å²) in [5.74, 6) is 0.337. The third-order valence-electron chi connectivity index (χ3n) is 3.56. The van der Waals surface area contributed by atoms with Crippen molar-refractivity contribution in [2.45, 2.75) is 26.1 Å². The molecule has 0 amide bonds. The van der Waals surface area contributed by atoms with E-state index in [9.17, 15) is 13.2 Å². The van der Waals surface area contributed by atoms with E-state index < -0.39 is 11.7 Å². The molecule has 2 rings (SSSR count). The molecule has 1 unspecified atom stereocenters. The van der Waals surface area contributed by atoms with Crippen LogP contribution in [0.2, 0.25) is 0 Å². The van der Waals surface area contributed by atoms with Crippen LogP contribution < -0.4 is 5.32 Å². The van der Waals surface area contributed by atoms with Crippen LogP contribution in [-0.4, -0.2) is 20.8 Å². The highest BCUT2D eigenvalue weighted by atomic mass is 19.4. The second kappa shape index (κ2) is 6.28. The molecule has 0 bridgehead atoms. The molecule has 0 radical (unpaired) electrons. The Balaban J connectivity index is 2.23. The zero-order chi connectivity index (χ0) is 17.2. The van der Waals surface area contributed by atoms with Gasteiger partial charge in [-0.3, -0.25) is 9.67 Å². The molecule has 0 aliphatic heterocycles. The van der Waals surface area contributed by atoms with Crippen LogP contribution in [-0.2, 0) is 13.2 Å². The summed E-state index contributed by atoms with van der Waals surface area (Å²) < 4.78 is 39.2. The Labute approximate surface area is 131 Å². The van der Waals surface area contributed by atoms with Crippen molar-refractivity contribution in [3.05, 3.63) is 30.0 Å². The summed E-state index contributed by atoms with van der Waals surface area (Å²) in [6.07, 6.45) is -3.61. The lowest BCUT2D eigenvalue weighted by molar-refractivity contribution is -0.137. The fourth-order valence-corrected chi connectivity index (χ4v) is 1.96. The summed E-state index contributed by atoms with van der Waals surface area (Å²) in [6, 6.07) is 6.02. The second-order valence-electron chi connectivity index (χ2n) is 5.32. The van der Waals surface area contributed by atoms with Gasteiger partial charge < -0.3 is 5.32 Å². The number of nitrogens with zero attached hydrogens (tertiary/aromatic N) is 4. The molecule has 2 aromatic rings. The fraction of sp³-hybridized carbons (Fsp3) is 0.400. The molecule has 1 N–H and O–H groups in total. The highest BCUT2D eigenvalue weighted by Crippen LogP contribution is 2.30. The van der Waals surface area contributed by atoms with E-state index >= 15 is 0 Å². The van der Waals surface area contributed by atoms with Gasteiger partial charge in [-0.15, -0.1) is 0 Å². The Morgan fingerprint density at radius 3 is 2.52 bits per heavy atom. The van der Waals surface area contributed by atoms with Crippen molar-refractivity contribution in [2.24, 2.45) is 13.0 Å². The first-order valence-corrected chi connectivity index (χ1v) is 6.96. The smallest absolute Gasteiger partial charge is 0.365 e. The molecule has 2 aromatic heterocycles. The molecular formula is C15H16F3N5. The first kappa shape index (κ1) is 16.8. The highest BCUT2D eigenvalue weighted by Gasteiger charge is 2.30. The number of halogens is 3. The van der Waals surface area contributed by atoms with Gasteiger partial charge in [0.1, 0.15) is 5.82 Å². The number of aromatic nitrogens is 3. The van der Waals surface area contributed by atoms with Crippen LogP contribution in [0.5, 0.6) is 0 Å². The van der Waals surface area contributed by atoms with Crippen molar-refractivity contribution in [1.29, 1.82) is 5.26 Å².